The highest BCUT2D eigenvalue weighted by atomic mass is 19.1. The zero-order chi connectivity index (χ0) is 11.1. The van der Waals surface area contributed by atoms with Crippen LogP contribution in [0.2, 0.25) is 0 Å². The minimum Gasteiger partial charge on any atom is -0.329 e. The summed E-state index contributed by atoms with van der Waals surface area (Å²) in [6.07, 6.45) is 2.85. The van der Waals surface area contributed by atoms with Gasteiger partial charge in [0.25, 0.3) is 0 Å². The Morgan fingerprint density at radius 2 is 1.87 bits per heavy atom. The summed E-state index contributed by atoms with van der Waals surface area (Å²) in [7, 11) is 0. The monoisotopic (exact) mass is 212 g/mol. The summed E-state index contributed by atoms with van der Waals surface area (Å²) < 4.78 is 12.9. The van der Waals surface area contributed by atoms with Crippen LogP contribution in [0.1, 0.15) is 5.56 Å². The maximum absolute atomic E-state index is 12.9. The molecular formula is C10H17FN4. The van der Waals surface area contributed by atoms with Crippen LogP contribution in [-0.2, 0) is 6.54 Å². The molecule has 4 N–H and O–H groups in total. The standard InChI is InChI=1S/C10H17FN4/c11-10-5-9(6-14-7-10)8-15(3-1-12)4-2-13/h5-7H,1-4,8,12-13H2. The molecule has 84 valence electrons. The van der Waals surface area contributed by atoms with Crippen LogP contribution in [0.15, 0.2) is 18.5 Å². The van der Waals surface area contributed by atoms with E-state index in [9.17, 15) is 4.39 Å². The molecule has 1 aromatic heterocycles. The summed E-state index contributed by atoms with van der Waals surface area (Å²) in [5, 5.41) is 0. The lowest BCUT2D eigenvalue weighted by Crippen LogP contribution is -2.33. The van der Waals surface area contributed by atoms with Gasteiger partial charge >= 0.3 is 0 Å². The number of nitrogens with two attached hydrogens (primary N) is 2. The van der Waals surface area contributed by atoms with Crippen molar-refractivity contribution in [2.24, 2.45) is 11.5 Å². The molecule has 1 heterocycles. The van der Waals surface area contributed by atoms with Gasteiger partial charge in [-0.1, -0.05) is 0 Å². The molecule has 0 bridgehead atoms. The number of nitrogens with zero attached hydrogens (tertiary/aromatic N) is 2. The third-order valence-corrected chi connectivity index (χ3v) is 2.06. The molecule has 0 radical (unpaired) electrons. The lowest BCUT2D eigenvalue weighted by molar-refractivity contribution is 0.280. The van der Waals surface area contributed by atoms with Crippen molar-refractivity contribution in [3.8, 4) is 0 Å². The molecular weight excluding hydrogens is 195 g/mol. The molecule has 0 aliphatic carbocycles. The van der Waals surface area contributed by atoms with E-state index >= 15 is 0 Å². The fourth-order valence-corrected chi connectivity index (χ4v) is 1.44. The van der Waals surface area contributed by atoms with Crippen LogP contribution in [0.5, 0.6) is 0 Å². The highest BCUT2D eigenvalue weighted by Gasteiger charge is 2.04. The van der Waals surface area contributed by atoms with Crippen molar-refractivity contribution in [1.29, 1.82) is 0 Å². The zero-order valence-corrected chi connectivity index (χ0v) is 8.69. The number of rotatable bonds is 6. The summed E-state index contributed by atoms with van der Waals surface area (Å²) in [5.41, 5.74) is 11.8. The third-order valence-electron chi connectivity index (χ3n) is 2.06. The van der Waals surface area contributed by atoms with Crippen LogP contribution in [-0.4, -0.2) is 36.1 Å². The van der Waals surface area contributed by atoms with Crippen LogP contribution in [0.4, 0.5) is 4.39 Å². The summed E-state index contributed by atoms with van der Waals surface area (Å²) in [6.45, 7) is 3.30. The van der Waals surface area contributed by atoms with E-state index in [1.807, 2.05) is 0 Å². The van der Waals surface area contributed by atoms with Gasteiger partial charge in [0.1, 0.15) is 5.82 Å². The van der Waals surface area contributed by atoms with Gasteiger partial charge in [-0.3, -0.25) is 9.88 Å². The second-order valence-electron chi connectivity index (χ2n) is 3.36. The van der Waals surface area contributed by atoms with E-state index in [2.05, 4.69) is 9.88 Å². The Morgan fingerprint density at radius 3 is 2.40 bits per heavy atom. The fraction of sp³-hybridized carbons (Fsp3) is 0.500. The second-order valence-corrected chi connectivity index (χ2v) is 3.36. The van der Waals surface area contributed by atoms with Crippen LogP contribution < -0.4 is 11.5 Å². The van der Waals surface area contributed by atoms with E-state index in [4.69, 9.17) is 11.5 Å². The van der Waals surface area contributed by atoms with Crippen molar-refractivity contribution >= 4 is 0 Å². The van der Waals surface area contributed by atoms with Crippen molar-refractivity contribution in [1.82, 2.24) is 9.88 Å². The van der Waals surface area contributed by atoms with Gasteiger partial charge < -0.3 is 11.5 Å². The van der Waals surface area contributed by atoms with Crippen LogP contribution in [0.3, 0.4) is 0 Å². The molecule has 15 heavy (non-hydrogen) atoms. The van der Waals surface area contributed by atoms with Crippen molar-refractivity contribution in [2.75, 3.05) is 26.2 Å². The SMILES string of the molecule is NCCN(CCN)Cc1cncc(F)c1. The van der Waals surface area contributed by atoms with E-state index in [1.54, 1.807) is 6.20 Å². The molecule has 0 fully saturated rings. The Kier molecular flexibility index (Phi) is 5.17. The predicted molar refractivity (Wildman–Crippen MR) is 57.6 cm³/mol. The fourth-order valence-electron chi connectivity index (χ4n) is 1.44. The van der Waals surface area contributed by atoms with Gasteiger partial charge in [-0.15, -0.1) is 0 Å². The topological polar surface area (TPSA) is 68.2 Å². The molecule has 0 spiro atoms. The van der Waals surface area contributed by atoms with Crippen molar-refractivity contribution in [3.05, 3.63) is 29.8 Å². The minimum atomic E-state index is -0.312. The first-order valence-corrected chi connectivity index (χ1v) is 4.98. The summed E-state index contributed by atoms with van der Waals surface area (Å²) in [5.74, 6) is -0.312. The Bertz CT molecular complexity index is 287. The maximum Gasteiger partial charge on any atom is 0.141 e. The number of hydrogen-bond acceptors (Lipinski definition) is 4. The molecule has 0 saturated carbocycles. The first-order chi connectivity index (χ1) is 7.26. The van der Waals surface area contributed by atoms with Crippen LogP contribution in [0, 0.1) is 5.82 Å². The molecule has 0 aliphatic rings. The van der Waals surface area contributed by atoms with Crippen molar-refractivity contribution < 1.29 is 4.39 Å². The van der Waals surface area contributed by atoms with E-state index in [0.29, 0.717) is 19.6 Å². The van der Waals surface area contributed by atoms with E-state index in [-0.39, 0.29) is 5.82 Å². The van der Waals surface area contributed by atoms with Crippen LogP contribution >= 0.6 is 0 Å². The van der Waals surface area contributed by atoms with Crippen molar-refractivity contribution in [3.63, 3.8) is 0 Å². The average Bonchev–Trinajstić information content (AvgIpc) is 2.18. The molecule has 5 heteroatoms. The van der Waals surface area contributed by atoms with E-state index in [0.717, 1.165) is 18.7 Å². The third kappa shape index (κ3) is 4.33. The molecule has 0 aliphatic heterocycles. The van der Waals surface area contributed by atoms with Gasteiger partial charge in [0.05, 0.1) is 6.20 Å². The first kappa shape index (κ1) is 12.0. The van der Waals surface area contributed by atoms with Gasteiger partial charge in [0.15, 0.2) is 0 Å². The Balaban J connectivity index is 2.56. The molecule has 0 amide bonds. The Hall–Kier alpha value is -1.04. The maximum atomic E-state index is 12.9. The number of aromatic nitrogens is 1. The number of hydrogen-bond donors (Lipinski definition) is 2. The summed E-state index contributed by atoms with van der Waals surface area (Å²) >= 11 is 0. The highest BCUT2D eigenvalue weighted by Crippen LogP contribution is 2.04. The Labute approximate surface area is 89.1 Å². The minimum absolute atomic E-state index is 0.312. The average molecular weight is 212 g/mol. The lowest BCUT2D eigenvalue weighted by atomic mass is 10.2. The molecule has 4 nitrogen and oxygen atoms in total. The first-order valence-electron chi connectivity index (χ1n) is 4.98. The number of pyridine rings is 1. The van der Waals surface area contributed by atoms with E-state index in [1.165, 1.54) is 12.3 Å². The lowest BCUT2D eigenvalue weighted by Gasteiger charge is -2.20. The number of halogens is 1. The second kappa shape index (κ2) is 6.44. The smallest absolute Gasteiger partial charge is 0.141 e. The van der Waals surface area contributed by atoms with Gasteiger partial charge in [-0.05, 0) is 11.6 Å². The van der Waals surface area contributed by atoms with Crippen molar-refractivity contribution in [2.45, 2.75) is 6.54 Å². The van der Waals surface area contributed by atoms with Gasteiger partial charge in [0.2, 0.25) is 0 Å². The largest absolute Gasteiger partial charge is 0.329 e. The highest BCUT2D eigenvalue weighted by molar-refractivity contribution is 5.09. The summed E-state index contributed by atoms with van der Waals surface area (Å²) in [4.78, 5) is 5.87. The zero-order valence-electron chi connectivity index (χ0n) is 8.69. The molecule has 1 aromatic rings. The molecule has 1 rings (SSSR count). The van der Waals surface area contributed by atoms with E-state index < -0.39 is 0 Å². The normalized spacial score (nSPS) is 10.9. The predicted octanol–water partition coefficient (Wildman–Crippen LogP) is -0.0599. The quantitative estimate of drug-likeness (QED) is 0.693. The van der Waals surface area contributed by atoms with Gasteiger partial charge in [0, 0.05) is 38.9 Å². The van der Waals surface area contributed by atoms with Gasteiger partial charge in [-0.25, -0.2) is 4.39 Å². The molecule has 0 aromatic carbocycles. The van der Waals surface area contributed by atoms with Crippen LogP contribution in [0.25, 0.3) is 0 Å². The molecule has 0 unspecified atom stereocenters. The molecule has 0 atom stereocenters. The summed E-state index contributed by atoms with van der Waals surface area (Å²) in [6, 6.07) is 1.48. The molecule has 0 saturated heterocycles. The Morgan fingerprint density at radius 1 is 1.20 bits per heavy atom. The van der Waals surface area contributed by atoms with Gasteiger partial charge in [-0.2, -0.15) is 0 Å².